The molecule has 0 saturated heterocycles. The summed E-state index contributed by atoms with van der Waals surface area (Å²) < 4.78 is 10.8. The van der Waals surface area contributed by atoms with Crippen LogP contribution in [0.5, 0.6) is 5.75 Å². The second kappa shape index (κ2) is 8.46. The Morgan fingerprint density at radius 2 is 1.92 bits per heavy atom. The number of amides is 1. The van der Waals surface area contributed by atoms with E-state index in [1.807, 2.05) is 20.8 Å². The zero-order valence-electron chi connectivity index (χ0n) is 15.1. The van der Waals surface area contributed by atoms with Crippen molar-refractivity contribution < 1.29 is 18.8 Å². The first kappa shape index (κ1) is 18.7. The molecule has 6 heteroatoms. The Morgan fingerprint density at radius 1 is 1.24 bits per heavy atom. The fraction of sp³-hybridized carbons (Fsp3) is 0.421. The van der Waals surface area contributed by atoms with Gasteiger partial charge < -0.3 is 14.2 Å². The molecular weight excluding hydrogens is 320 g/mol. The smallest absolute Gasteiger partial charge is 0.276 e. The van der Waals surface area contributed by atoms with E-state index in [2.05, 4.69) is 5.16 Å². The molecule has 1 atom stereocenters. The van der Waals surface area contributed by atoms with Crippen molar-refractivity contribution >= 4 is 11.7 Å². The summed E-state index contributed by atoms with van der Waals surface area (Å²) in [6.07, 6.45) is 0.879. The van der Waals surface area contributed by atoms with E-state index >= 15 is 0 Å². The molecule has 1 aromatic heterocycles. The summed E-state index contributed by atoms with van der Waals surface area (Å²) in [5.74, 6) is 0.952. The van der Waals surface area contributed by atoms with E-state index in [1.54, 1.807) is 35.2 Å². The lowest BCUT2D eigenvalue weighted by Crippen LogP contribution is -2.38. The van der Waals surface area contributed by atoms with Crippen molar-refractivity contribution in [1.82, 2.24) is 10.1 Å². The molecule has 0 fully saturated rings. The second-order valence-corrected chi connectivity index (χ2v) is 5.90. The van der Waals surface area contributed by atoms with Crippen LogP contribution in [0.15, 0.2) is 34.9 Å². The Kier molecular flexibility index (Phi) is 6.33. The topological polar surface area (TPSA) is 72.6 Å². The number of ketones is 1. The van der Waals surface area contributed by atoms with Gasteiger partial charge in [-0.15, -0.1) is 0 Å². The zero-order chi connectivity index (χ0) is 18.4. The third-order valence-electron chi connectivity index (χ3n) is 4.14. The van der Waals surface area contributed by atoms with Crippen molar-refractivity contribution in [2.45, 2.75) is 46.8 Å². The molecule has 0 aliphatic carbocycles. The lowest BCUT2D eigenvalue weighted by Gasteiger charge is -2.26. The normalized spacial score (nSPS) is 11.8. The van der Waals surface area contributed by atoms with Crippen molar-refractivity contribution in [2.24, 2.45) is 0 Å². The summed E-state index contributed by atoms with van der Waals surface area (Å²) in [6.45, 7) is 8.29. The summed E-state index contributed by atoms with van der Waals surface area (Å²) in [6, 6.07) is 8.61. The van der Waals surface area contributed by atoms with E-state index in [4.69, 9.17) is 9.26 Å². The van der Waals surface area contributed by atoms with Crippen LogP contribution in [0.3, 0.4) is 0 Å². The maximum atomic E-state index is 12.5. The van der Waals surface area contributed by atoms with Crippen LogP contribution in [0.4, 0.5) is 0 Å². The first-order valence-corrected chi connectivity index (χ1v) is 8.46. The molecule has 25 heavy (non-hydrogen) atoms. The van der Waals surface area contributed by atoms with Gasteiger partial charge in [0, 0.05) is 24.2 Å². The minimum absolute atomic E-state index is 0.00623. The Labute approximate surface area is 147 Å². The third-order valence-corrected chi connectivity index (χ3v) is 4.14. The van der Waals surface area contributed by atoms with Crippen LogP contribution in [0.25, 0.3) is 0 Å². The van der Waals surface area contributed by atoms with Crippen molar-refractivity contribution in [3.63, 3.8) is 0 Å². The number of Topliss-reactive ketones (excluding diaryl/α,β-unsaturated/α-hetero) is 1. The first-order valence-electron chi connectivity index (χ1n) is 8.46. The fourth-order valence-electron chi connectivity index (χ4n) is 2.45. The van der Waals surface area contributed by atoms with Gasteiger partial charge in [-0.3, -0.25) is 9.59 Å². The van der Waals surface area contributed by atoms with E-state index in [-0.39, 0.29) is 30.0 Å². The highest BCUT2D eigenvalue weighted by Crippen LogP contribution is 2.16. The van der Waals surface area contributed by atoms with Gasteiger partial charge in [0.1, 0.15) is 12.4 Å². The molecule has 0 aliphatic rings. The van der Waals surface area contributed by atoms with Crippen LogP contribution < -0.4 is 4.74 Å². The van der Waals surface area contributed by atoms with Gasteiger partial charge in [-0.2, -0.15) is 0 Å². The van der Waals surface area contributed by atoms with Crippen LogP contribution in [-0.2, 0) is 6.61 Å². The Morgan fingerprint density at radius 3 is 2.48 bits per heavy atom. The highest BCUT2D eigenvalue weighted by molar-refractivity contribution is 5.94. The summed E-state index contributed by atoms with van der Waals surface area (Å²) in [4.78, 5) is 25.5. The second-order valence-electron chi connectivity index (χ2n) is 5.90. The summed E-state index contributed by atoms with van der Waals surface area (Å²) in [5.41, 5.74) is 0.914. The lowest BCUT2D eigenvalue weighted by molar-refractivity contribution is 0.0689. The monoisotopic (exact) mass is 344 g/mol. The molecule has 0 aliphatic heterocycles. The summed E-state index contributed by atoms with van der Waals surface area (Å²) in [5, 5.41) is 3.86. The molecule has 0 bridgehead atoms. The van der Waals surface area contributed by atoms with Crippen LogP contribution in [0.2, 0.25) is 0 Å². The summed E-state index contributed by atoms with van der Waals surface area (Å²) >= 11 is 0. The minimum atomic E-state index is -0.141. The molecule has 0 spiro atoms. The van der Waals surface area contributed by atoms with E-state index in [0.717, 1.165) is 6.42 Å². The highest BCUT2D eigenvalue weighted by atomic mass is 16.5. The zero-order valence-corrected chi connectivity index (χ0v) is 15.1. The Hall–Kier alpha value is -2.63. The SMILES string of the molecule is CC[C@@H](C)N(CC)C(=O)c1cc(COc2ccc(C(C)=O)cc2)on1. The van der Waals surface area contributed by atoms with E-state index in [0.29, 0.717) is 23.6 Å². The number of hydrogen-bond acceptors (Lipinski definition) is 5. The molecular formula is C19H24N2O4. The molecule has 2 rings (SSSR count). The highest BCUT2D eigenvalue weighted by Gasteiger charge is 2.22. The van der Waals surface area contributed by atoms with Crippen molar-refractivity contribution in [2.75, 3.05) is 6.54 Å². The lowest BCUT2D eigenvalue weighted by atomic mass is 10.1. The van der Waals surface area contributed by atoms with E-state index in [9.17, 15) is 9.59 Å². The number of carbonyl (C=O) groups excluding carboxylic acids is 2. The molecule has 1 heterocycles. The molecule has 0 unspecified atom stereocenters. The van der Waals surface area contributed by atoms with Gasteiger partial charge in [-0.1, -0.05) is 12.1 Å². The molecule has 0 radical (unpaired) electrons. The third kappa shape index (κ3) is 4.68. The number of rotatable bonds is 8. The van der Waals surface area contributed by atoms with Gasteiger partial charge in [-0.05, 0) is 51.5 Å². The standard InChI is InChI=1S/C19H24N2O4/c1-5-13(3)21(6-2)19(23)18-11-17(25-20-18)12-24-16-9-7-15(8-10-16)14(4)22/h7-11,13H,5-6,12H2,1-4H3/t13-/m1/s1. The van der Waals surface area contributed by atoms with Crippen LogP contribution in [0.1, 0.15) is 60.7 Å². The molecule has 1 aromatic carbocycles. The Balaban J connectivity index is 1.99. The van der Waals surface area contributed by atoms with E-state index < -0.39 is 0 Å². The quantitative estimate of drug-likeness (QED) is 0.683. The largest absolute Gasteiger partial charge is 0.486 e. The van der Waals surface area contributed by atoms with Gasteiger partial charge in [0.2, 0.25) is 0 Å². The van der Waals surface area contributed by atoms with Gasteiger partial charge in [0.05, 0.1) is 0 Å². The van der Waals surface area contributed by atoms with Gasteiger partial charge in [-0.25, -0.2) is 0 Å². The number of benzene rings is 1. The number of carbonyl (C=O) groups is 2. The number of aromatic nitrogens is 1. The van der Waals surface area contributed by atoms with Crippen LogP contribution in [-0.4, -0.2) is 34.3 Å². The minimum Gasteiger partial charge on any atom is -0.486 e. The maximum absolute atomic E-state index is 12.5. The Bertz CT molecular complexity index is 721. The maximum Gasteiger partial charge on any atom is 0.276 e. The molecule has 134 valence electrons. The van der Waals surface area contributed by atoms with Gasteiger partial charge in [0.15, 0.2) is 17.2 Å². The van der Waals surface area contributed by atoms with Crippen LogP contribution in [0, 0.1) is 0 Å². The van der Waals surface area contributed by atoms with Crippen LogP contribution >= 0.6 is 0 Å². The average molecular weight is 344 g/mol. The predicted octanol–water partition coefficient (Wildman–Crippen LogP) is 3.72. The van der Waals surface area contributed by atoms with Gasteiger partial charge >= 0.3 is 0 Å². The van der Waals surface area contributed by atoms with Gasteiger partial charge in [0.25, 0.3) is 5.91 Å². The molecule has 6 nitrogen and oxygen atoms in total. The summed E-state index contributed by atoms with van der Waals surface area (Å²) in [7, 11) is 0. The first-order chi connectivity index (χ1) is 12.0. The number of nitrogens with zero attached hydrogens (tertiary/aromatic N) is 2. The number of ether oxygens (including phenoxy) is 1. The van der Waals surface area contributed by atoms with Crippen molar-refractivity contribution in [3.05, 3.63) is 47.3 Å². The molecule has 0 saturated carbocycles. The molecule has 0 N–H and O–H groups in total. The number of hydrogen-bond donors (Lipinski definition) is 0. The van der Waals surface area contributed by atoms with Crippen molar-refractivity contribution in [1.29, 1.82) is 0 Å². The molecule has 1 amide bonds. The van der Waals surface area contributed by atoms with Crippen molar-refractivity contribution in [3.8, 4) is 5.75 Å². The average Bonchev–Trinajstić information content (AvgIpc) is 3.09. The predicted molar refractivity (Wildman–Crippen MR) is 93.7 cm³/mol. The molecule has 2 aromatic rings. The fourth-order valence-corrected chi connectivity index (χ4v) is 2.45. The van der Waals surface area contributed by atoms with E-state index in [1.165, 1.54) is 6.92 Å².